The topological polar surface area (TPSA) is 63.8 Å². The molecular formula is C27H28N4. The van der Waals surface area contributed by atoms with Gasteiger partial charge in [0.15, 0.2) is 0 Å². The SMILES string of the molecule is Cc1cccc(-c2ccc(NC[C@H](C)[C@H](N)c3ccccc3)nc2-c2ccncc2)c1. The number of nitrogens with two attached hydrogens (primary N) is 1. The van der Waals surface area contributed by atoms with E-state index in [0.717, 1.165) is 40.3 Å². The number of pyridine rings is 2. The number of nitrogens with one attached hydrogen (secondary N) is 1. The molecule has 3 N–H and O–H groups in total. The lowest BCUT2D eigenvalue weighted by molar-refractivity contribution is 0.493. The molecular weight excluding hydrogens is 380 g/mol. The van der Waals surface area contributed by atoms with Crippen molar-refractivity contribution in [2.75, 3.05) is 11.9 Å². The van der Waals surface area contributed by atoms with Gasteiger partial charge in [-0.2, -0.15) is 0 Å². The van der Waals surface area contributed by atoms with Crippen molar-refractivity contribution in [3.05, 3.63) is 102 Å². The van der Waals surface area contributed by atoms with E-state index in [2.05, 4.69) is 66.6 Å². The molecule has 0 unspecified atom stereocenters. The minimum absolute atomic E-state index is 0.0278. The van der Waals surface area contributed by atoms with Crippen molar-refractivity contribution >= 4 is 5.82 Å². The minimum Gasteiger partial charge on any atom is -0.370 e. The summed E-state index contributed by atoms with van der Waals surface area (Å²) in [7, 11) is 0. The van der Waals surface area contributed by atoms with Gasteiger partial charge < -0.3 is 11.1 Å². The van der Waals surface area contributed by atoms with Crippen LogP contribution in [0.1, 0.15) is 24.1 Å². The standard InChI is InChI=1S/C27H28N4/c1-19-7-6-10-23(17-19)24-11-12-25(31-27(24)22-13-15-29-16-14-22)30-18-20(2)26(28)21-8-4-3-5-9-21/h3-17,20,26H,18,28H2,1-2H3,(H,30,31)/t20-,26-/m0/s1. The van der Waals surface area contributed by atoms with E-state index in [1.807, 2.05) is 36.4 Å². The zero-order chi connectivity index (χ0) is 21.6. The fourth-order valence-corrected chi connectivity index (χ4v) is 3.73. The fraction of sp³-hybridized carbons (Fsp3) is 0.185. The average molecular weight is 409 g/mol. The van der Waals surface area contributed by atoms with Crippen LogP contribution in [0.3, 0.4) is 0 Å². The second kappa shape index (κ2) is 9.54. The summed E-state index contributed by atoms with van der Waals surface area (Å²) in [5.41, 5.74) is 13.1. The highest BCUT2D eigenvalue weighted by Crippen LogP contribution is 2.32. The first-order valence-electron chi connectivity index (χ1n) is 10.6. The van der Waals surface area contributed by atoms with E-state index in [9.17, 15) is 0 Å². The van der Waals surface area contributed by atoms with Crippen molar-refractivity contribution < 1.29 is 0 Å². The van der Waals surface area contributed by atoms with Crippen LogP contribution in [0.2, 0.25) is 0 Å². The molecule has 0 aliphatic rings. The van der Waals surface area contributed by atoms with Crippen molar-refractivity contribution in [3.63, 3.8) is 0 Å². The molecule has 0 bridgehead atoms. The first-order valence-corrected chi connectivity index (χ1v) is 10.6. The number of hydrogen-bond donors (Lipinski definition) is 2. The molecule has 2 heterocycles. The Labute approximate surface area is 184 Å². The Morgan fingerprint density at radius 2 is 1.65 bits per heavy atom. The van der Waals surface area contributed by atoms with Crippen LogP contribution >= 0.6 is 0 Å². The monoisotopic (exact) mass is 408 g/mol. The second-order valence-electron chi connectivity index (χ2n) is 7.99. The van der Waals surface area contributed by atoms with Crippen molar-refractivity contribution in [1.29, 1.82) is 0 Å². The maximum absolute atomic E-state index is 6.47. The molecule has 4 nitrogen and oxygen atoms in total. The maximum atomic E-state index is 6.47. The Kier molecular flexibility index (Phi) is 6.39. The molecule has 31 heavy (non-hydrogen) atoms. The van der Waals surface area contributed by atoms with Crippen LogP contribution in [0.25, 0.3) is 22.4 Å². The molecule has 156 valence electrons. The molecule has 4 aromatic rings. The third-order valence-corrected chi connectivity index (χ3v) is 5.58. The largest absolute Gasteiger partial charge is 0.370 e. The number of hydrogen-bond acceptors (Lipinski definition) is 4. The Hall–Kier alpha value is -3.50. The summed E-state index contributed by atoms with van der Waals surface area (Å²) in [6.07, 6.45) is 3.61. The maximum Gasteiger partial charge on any atom is 0.126 e. The van der Waals surface area contributed by atoms with Crippen LogP contribution in [0.4, 0.5) is 5.82 Å². The summed E-state index contributed by atoms with van der Waals surface area (Å²) in [6, 6.07) is 26.9. The number of rotatable bonds is 7. The summed E-state index contributed by atoms with van der Waals surface area (Å²) in [6.45, 7) is 5.01. The molecule has 0 amide bonds. The van der Waals surface area contributed by atoms with Gasteiger partial charge in [-0.15, -0.1) is 0 Å². The number of benzene rings is 2. The zero-order valence-electron chi connectivity index (χ0n) is 18.0. The highest BCUT2D eigenvalue weighted by atomic mass is 15.0. The third kappa shape index (κ3) is 4.98. The smallest absolute Gasteiger partial charge is 0.126 e. The van der Waals surface area contributed by atoms with E-state index in [0.29, 0.717) is 0 Å². The predicted octanol–water partition coefficient (Wildman–Crippen LogP) is 5.87. The van der Waals surface area contributed by atoms with Crippen LogP contribution < -0.4 is 11.1 Å². The molecule has 4 rings (SSSR count). The molecule has 0 aliphatic carbocycles. The van der Waals surface area contributed by atoms with Crippen LogP contribution in [0.5, 0.6) is 0 Å². The quantitative estimate of drug-likeness (QED) is 0.402. The Bertz CT molecular complexity index is 1130. The molecule has 0 saturated heterocycles. The molecule has 2 aromatic heterocycles. The summed E-state index contributed by atoms with van der Waals surface area (Å²) in [5.74, 6) is 1.10. The van der Waals surface area contributed by atoms with Crippen LogP contribution in [-0.4, -0.2) is 16.5 Å². The lowest BCUT2D eigenvalue weighted by atomic mass is 9.95. The van der Waals surface area contributed by atoms with Gasteiger partial charge in [-0.1, -0.05) is 67.1 Å². The molecule has 4 heteroatoms. The van der Waals surface area contributed by atoms with E-state index in [-0.39, 0.29) is 12.0 Å². The summed E-state index contributed by atoms with van der Waals surface area (Å²) < 4.78 is 0. The van der Waals surface area contributed by atoms with Crippen molar-refractivity contribution in [2.45, 2.75) is 19.9 Å². The second-order valence-corrected chi connectivity index (χ2v) is 7.99. The lowest BCUT2D eigenvalue weighted by Crippen LogP contribution is -2.25. The summed E-state index contributed by atoms with van der Waals surface area (Å²) in [4.78, 5) is 9.13. The van der Waals surface area contributed by atoms with Gasteiger partial charge in [0.25, 0.3) is 0 Å². The number of anilines is 1. The number of nitrogens with zero attached hydrogens (tertiary/aromatic N) is 2. The van der Waals surface area contributed by atoms with Gasteiger partial charge in [0, 0.05) is 36.1 Å². The Morgan fingerprint density at radius 1 is 0.871 bits per heavy atom. The normalized spacial score (nSPS) is 12.9. The van der Waals surface area contributed by atoms with Gasteiger partial charge in [-0.05, 0) is 48.2 Å². The molecule has 0 saturated carbocycles. The number of aryl methyl sites for hydroxylation is 1. The molecule has 0 aliphatic heterocycles. The van der Waals surface area contributed by atoms with Gasteiger partial charge in [0.1, 0.15) is 5.82 Å². The van der Waals surface area contributed by atoms with E-state index >= 15 is 0 Å². The molecule has 0 radical (unpaired) electrons. The van der Waals surface area contributed by atoms with E-state index in [4.69, 9.17) is 10.7 Å². The molecule has 0 spiro atoms. The number of aromatic nitrogens is 2. The van der Waals surface area contributed by atoms with E-state index in [1.54, 1.807) is 12.4 Å². The summed E-state index contributed by atoms with van der Waals surface area (Å²) >= 11 is 0. The molecule has 2 aromatic carbocycles. The van der Waals surface area contributed by atoms with Gasteiger partial charge in [0.05, 0.1) is 5.69 Å². The third-order valence-electron chi connectivity index (χ3n) is 5.58. The van der Waals surface area contributed by atoms with Crippen LogP contribution in [-0.2, 0) is 0 Å². The van der Waals surface area contributed by atoms with E-state index in [1.165, 1.54) is 5.56 Å². The average Bonchev–Trinajstić information content (AvgIpc) is 2.83. The van der Waals surface area contributed by atoms with Crippen molar-refractivity contribution in [1.82, 2.24) is 9.97 Å². The first-order chi connectivity index (χ1) is 15.1. The first kappa shape index (κ1) is 20.8. The molecule has 0 fully saturated rings. The fourth-order valence-electron chi connectivity index (χ4n) is 3.73. The van der Waals surface area contributed by atoms with Crippen LogP contribution in [0, 0.1) is 12.8 Å². The zero-order valence-corrected chi connectivity index (χ0v) is 18.0. The van der Waals surface area contributed by atoms with Gasteiger partial charge in [-0.3, -0.25) is 4.98 Å². The van der Waals surface area contributed by atoms with Gasteiger partial charge in [-0.25, -0.2) is 4.98 Å². The molecule has 2 atom stereocenters. The van der Waals surface area contributed by atoms with Crippen LogP contribution in [0.15, 0.2) is 91.3 Å². The van der Waals surface area contributed by atoms with Crippen molar-refractivity contribution in [3.8, 4) is 22.4 Å². The van der Waals surface area contributed by atoms with E-state index < -0.39 is 0 Å². The highest BCUT2D eigenvalue weighted by molar-refractivity contribution is 5.82. The highest BCUT2D eigenvalue weighted by Gasteiger charge is 2.16. The van der Waals surface area contributed by atoms with Gasteiger partial charge >= 0.3 is 0 Å². The minimum atomic E-state index is -0.0278. The van der Waals surface area contributed by atoms with Crippen molar-refractivity contribution in [2.24, 2.45) is 11.7 Å². The Balaban J connectivity index is 1.59. The van der Waals surface area contributed by atoms with Gasteiger partial charge in [0.2, 0.25) is 0 Å². The lowest BCUT2D eigenvalue weighted by Gasteiger charge is -2.21. The Morgan fingerprint density at radius 3 is 2.39 bits per heavy atom. The summed E-state index contributed by atoms with van der Waals surface area (Å²) in [5, 5.41) is 3.49. The predicted molar refractivity (Wildman–Crippen MR) is 129 cm³/mol.